The van der Waals surface area contributed by atoms with Crippen molar-refractivity contribution in [2.24, 2.45) is 0 Å². The Morgan fingerprint density at radius 1 is 0.774 bits per heavy atom. The van der Waals surface area contributed by atoms with Crippen molar-refractivity contribution in [1.29, 1.82) is 0 Å². The molecule has 0 atom stereocenters. The zero-order chi connectivity index (χ0) is 22.4. The van der Waals surface area contributed by atoms with Crippen LogP contribution < -0.4 is 0 Å². The minimum atomic E-state index is -4.61. The fourth-order valence-corrected chi connectivity index (χ4v) is 3.51. The highest BCUT2D eigenvalue weighted by Gasteiger charge is 2.34. The molecular weight excluding hydrogens is 442 g/mol. The molecule has 4 rings (SSSR count). The predicted octanol–water partition coefficient (Wildman–Crippen LogP) is 7.44. The molecule has 0 aliphatic carbocycles. The Morgan fingerprint density at radius 2 is 1.42 bits per heavy atom. The van der Waals surface area contributed by atoms with Crippen LogP contribution in [0.4, 0.5) is 26.3 Å². The molecule has 0 saturated heterocycles. The van der Waals surface area contributed by atoms with E-state index in [9.17, 15) is 26.3 Å². The normalized spacial score (nSPS) is 12.5. The minimum Gasteiger partial charge on any atom is -0.259 e. The van der Waals surface area contributed by atoms with Crippen molar-refractivity contribution in [2.45, 2.75) is 18.9 Å². The van der Waals surface area contributed by atoms with E-state index in [2.05, 4.69) is 5.10 Å². The highest BCUT2D eigenvalue weighted by molar-refractivity contribution is 6.30. The van der Waals surface area contributed by atoms with Gasteiger partial charge in [-0.15, -0.1) is 0 Å². The molecule has 3 aromatic carbocycles. The van der Waals surface area contributed by atoms with Crippen LogP contribution in [-0.4, -0.2) is 9.78 Å². The molecule has 4 aromatic rings. The van der Waals surface area contributed by atoms with Crippen LogP contribution in [0.2, 0.25) is 5.02 Å². The number of hydrogen-bond acceptors (Lipinski definition) is 1. The topological polar surface area (TPSA) is 17.8 Å². The van der Waals surface area contributed by atoms with Crippen LogP contribution in [0, 0.1) is 0 Å². The monoisotopic (exact) mass is 454 g/mol. The van der Waals surface area contributed by atoms with E-state index >= 15 is 0 Å². The molecule has 0 radical (unpaired) electrons. The summed E-state index contributed by atoms with van der Waals surface area (Å²) < 4.78 is 80.4. The Labute approximate surface area is 177 Å². The first-order valence-corrected chi connectivity index (χ1v) is 9.40. The lowest BCUT2D eigenvalue weighted by Gasteiger charge is -2.10. The molecule has 2 nitrogen and oxygen atoms in total. The molecule has 1 heterocycles. The fraction of sp³-hybridized carbons (Fsp3) is 0.136. The van der Waals surface area contributed by atoms with Crippen molar-refractivity contribution in [3.05, 3.63) is 88.4 Å². The van der Waals surface area contributed by atoms with E-state index in [0.29, 0.717) is 21.8 Å². The Bertz CT molecular complexity index is 1220. The first kappa shape index (κ1) is 21.2. The predicted molar refractivity (Wildman–Crippen MR) is 106 cm³/mol. The van der Waals surface area contributed by atoms with Crippen molar-refractivity contribution >= 4 is 22.5 Å². The molecule has 0 unspecified atom stereocenters. The van der Waals surface area contributed by atoms with E-state index in [1.165, 1.54) is 28.9 Å². The van der Waals surface area contributed by atoms with Crippen LogP contribution in [0.1, 0.15) is 16.7 Å². The second kappa shape index (κ2) is 7.60. The van der Waals surface area contributed by atoms with Crippen LogP contribution in [0.15, 0.2) is 66.7 Å². The Hall–Kier alpha value is -3.00. The zero-order valence-corrected chi connectivity index (χ0v) is 16.4. The van der Waals surface area contributed by atoms with Crippen molar-refractivity contribution in [3.63, 3.8) is 0 Å². The average molecular weight is 455 g/mol. The molecule has 0 bridgehead atoms. The van der Waals surface area contributed by atoms with Crippen LogP contribution in [0.5, 0.6) is 0 Å². The molecular formula is C22H13ClF6N2. The number of benzene rings is 3. The van der Waals surface area contributed by atoms with Crippen molar-refractivity contribution in [1.82, 2.24) is 9.78 Å². The minimum absolute atomic E-state index is 0.0118. The summed E-state index contributed by atoms with van der Waals surface area (Å²) in [5.41, 5.74) is -0.460. The van der Waals surface area contributed by atoms with E-state index in [4.69, 9.17) is 11.6 Å². The summed E-state index contributed by atoms with van der Waals surface area (Å²) in [5, 5.41) is 4.92. The van der Waals surface area contributed by atoms with Gasteiger partial charge in [0, 0.05) is 16.0 Å². The SMILES string of the molecule is FC(F)(F)c1ccc(Cn2nc3c(C(F)(F)F)cccc3c2-c2ccc(Cl)cc2)cc1. The van der Waals surface area contributed by atoms with E-state index in [0.717, 1.165) is 18.2 Å². The standard InChI is InChI=1S/C22H13ClF6N2/c23-16-10-6-14(7-11-16)20-17-2-1-3-18(22(27,28)29)19(17)30-31(20)12-13-4-8-15(9-5-13)21(24,25)26/h1-11H,12H2. The van der Waals surface area contributed by atoms with Gasteiger partial charge in [0.05, 0.1) is 23.4 Å². The third-order valence-electron chi connectivity index (χ3n) is 4.81. The molecule has 160 valence electrons. The van der Waals surface area contributed by atoms with Gasteiger partial charge < -0.3 is 0 Å². The Morgan fingerprint density at radius 3 is 2.00 bits per heavy atom. The summed E-state index contributed by atoms with van der Waals surface area (Å²) in [6.45, 7) is -0.0118. The number of rotatable bonds is 3. The summed E-state index contributed by atoms with van der Waals surface area (Å²) in [6.07, 6.45) is -9.08. The smallest absolute Gasteiger partial charge is 0.259 e. The summed E-state index contributed by atoms with van der Waals surface area (Å²) in [7, 11) is 0. The van der Waals surface area contributed by atoms with Crippen LogP contribution in [0.3, 0.4) is 0 Å². The summed E-state index contributed by atoms with van der Waals surface area (Å²) >= 11 is 5.93. The molecule has 0 N–H and O–H groups in total. The van der Waals surface area contributed by atoms with Crippen LogP contribution >= 0.6 is 11.6 Å². The second-order valence-corrected chi connectivity index (χ2v) is 7.34. The van der Waals surface area contributed by atoms with Gasteiger partial charge in [0.2, 0.25) is 0 Å². The lowest BCUT2D eigenvalue weighted by atomic mass is 10.0. The second-order valence-electron chi connectivity index (χ2n) is 6.91. The summed E-state index contributed by atoms with van der Waals surface area (Å²) in [4.78, 5) is 0. The third-order valence-corrected chi connectivity index (χ3v) is 5.06. The van der Waals surface area contributed by atoms with Gasteiger partial charge >= 0.3 is 12.4 Å². The highest BCUT2D eigenvalue weighted by Crippen LogP contribution is 2.38. The van der Waals surface area contributed by atoms with Gasteiger partial charge in [0.1, 0.15) is 5.52 Å². The van der Waals surface area contributed by atoms with Gasteiger partial charge in [0.25, 0.3) is 0 Å². The van der Waals surface area contributed by atoms with Gasteiger partial charge in [0.15, 0.2) is 0 Å². The summed E-state index contributed by atoms with van der Waals surface area (Å²) in [6, 6.07) is 14.7. The number of halogens is 7. The quantitative estimate of drug-likeness (QED) is 0.294. The molecule has 0 fully saturated rings. The van der Waals surface area contributed by atoms with Crippen molar-refractivity contribution in [2.75, 3.05) is 0 Å². The van der Waals surface area contributed by atoms with E-state index in [-0.39, 0.29) is 17.4 Å². The van der Waals surface area contributed by atoms with E-state index in [1.807, 2.05) is 0 Å². The maximum Gasteiger partial charge on any atom is 0.418 e. The molecule has 0 aliphatic heterocycles. The molecule has 31 heavy (non-hydrogen) atoms. The molecule has 0 saturated carbocycles. The van der Waals surface area contributed by atoms with Crippen molar-refractivity contribution < 1.29 is 26.3 Å². The molecule has 1 aromatic heterocycles. The maximum atomic E-state index is 13.5. The maximum absolute atomic E-state index is 13.5. The van der Waals surface area contributed by atoms with E-state index < -0.39 is 23.5 Å². The number of nitrogens with zero attached hydrogens (tertiary/aromatic N) is 2. The number of aromatic nitrogens is 2. The van der Waals surface area contributed by atoms with Crippen molar-refractivity contribution in [3.8, 4) is 11.3 Å². The lowest BCUT2D eigenvalue weighted by molar-refractivity contribution is -0.138. The van der Waals surface area contributed by atoms with Gasteiger partial charge in [-0.3, -0.25) is 4.68 Å². The van der Waals surface area contributed by atoms with Gasteiger partial charge in [-0.25, -0.2) is 0 Å². The van der Waals surface area contributed by atoms with Gasteiger partial charge in [-0.05, 0) is 35.9 Å². The lowest BCUT2D eigenvalue weighted by Crippen LogP contribution is -2.08. The molecule has 9 heteroatoms. The Balaban J connectivity index is 1.87. The first-order chi connectivity index (χ1) is 14.5. The average Bonchev–Trinajstić information content (AvgIpc) is 3.05. The fourth-order valence-electron chi connectivity index (χ4n) is 3.38. The van der Waals surface area contributed by atoms with Gasteiger partial charge in [-0.2, -0.15) is 31.4 Å². The third kappa shape index (κ3) is 4.25. The largest absolute Gasteiger partial charge is 0.418 e. The highest BCUT2D eigenvalue weighted by atomic mass is 35.5. The first-order valence-electron chi connectivity index (χ1n) is 9.03. The van der Waals surface area contributed by atoms with Crippen LogP contribution in [0.25, 0.3) is 22.2 Å². The number of fused-ring (bicyclic) bond motifs is 1. The molecule has 0 aliphatic rings. The molecule has 0 amide bonds. The number of alkyl halides is 6. The zero-order valence-electron chi connectivity index (χ0n) is 15.6. The summed E-state index contributed by atoms with van der Waals surface area (Å²) in [5.74, 6) is 0. The van der Waals surface area contributed by atoms with Crippen LogP contribution in [-0.2, 0) is 18.9 Å². The Kier molecular flexibility index (Phi) is 5.21. The molecule has 0 spiro atoms. The van der Waals surface area contributed by atoms with Gasteiger partial charge in [-0.1, -0.05) is 48.0 Å². The number of hydrogen-bond donors (Lipinski definition) is 0. The van der Waals surface area contributed by atoms with E-state index in [1.54, 1.807) is 24.3 Å².